The van der Waals surface area contributed by atoms with E-state index in [9.17, 15) is 27.0 Å². The average molecular weight is 710 g/mol. The third-order valence-electron chi connectivity index (χ3n) is 4.84. The molecule has 0 saturated heterocycles. The highest BCUT2D eigenvalue weighted by Gasteiger charge is 2.12. The molecule has 0 spiro atoms. The average Bonchev–Trinajstić information content (AvgIpc) is 2.94. The normalized spacial score (nSPS) is 11.7. The van der Waals surface area contributed by atoms with Crippen LogP contribution in [0.1, 0.15) is 11.1 Å². The van der Waals surface area contributed by atoms with Crippen LogP contribution in [0, 0.1) is 0 Å². The fourth-order valence-corrected chi connectivity index (χ4v) is 5.28. The van der Waals surface area contributed by atoms with E-state index in [-0.39, 0.29) is 21.3 Å². The molecule has 40 heavy (non-hydrogen) atoms. The van der Waals surface area contributed by atoms with Gasteiger partial charge in [0.1, 0.15) is 11.5 Å². The highest BCUT2D eigenvalue weighted by molar-refractivity contribution is 9.10. The molecule has 14 heteroatoms. The van der Waals surface area contributed by atoms with Gasteiger partial charge in [-0.05, 0) is 60.7 Å². The third-order valence-corrected chi connectivity index (χ3v) is 8.30. The summed E-state index contributed by atoms with van der Waals surface area (Å²) < 4.78 is 49.0. The lowest BCUT2D eigenvalue weighted by Crippen LogP contribution is -2.18. The highest BCUT2D eigenvalue weighted by atomic mass is 79.9. The number of rotatable bonds is 8. The molecular weight excluding hydrogens is 688 g/mol. The molecule has 0 aromatic heterocycles. The maximum absolute atomic E-state index is 11.9. The van der Waals surface area contributed by atoms with E-state index in [4.69, 9.17) is 0 Å². The van der Waals surface area contributed by atoms with Crippen LogP contribution < -0.4 is 9.66 Å². The van der Waals surface area contributed by atoms with Crippen LogP contribution in [0.4, 0.5) is 0 Å². The second kappa shape index (κ2) is 14.1. The van der Waals surface area contributed by atoms with Crippen molar-refractivity contribution in [2.24, 2.45) is 10.2 Å². The molecule has 0 atom stereocenters. The predicted octanol–water partition coefficient (Wildman–Crippen LogP) is 4.93. The maximum Gasteiger partial charge on any atom is 0.276 e. The van der Waals surface area contributed by atoms with Crippen LogP contribution in [0.2, 0.25) is 0 Å². The van der Waals surface area contributed by atoms with E-state index in [0.717, 1.165) is 8.95 Å². The zero-order valence-electron chi connectivity index (χ0n) is 20.4. The number of nitrogens with zero attached hydrogens (tertiary/aromatic N) is 2. The molecule has 208 valence electrons. The lowest BCUT2D eigenvalue weighted by atomic mass is 10.2. The molecule has 4 rings (SSSR count). The summed E-state index contributed by atoms with van der Waals surface area (Å²) >= 11 is 6.51. The Kier molecular flexibility index (Phi) is 10.8. The van der Waals surface area contributed by atoms with Gasteiger partial charge >= 0.3 is 0 Å². The number of hydrogen-bond donors (Lipinski definition) is 4. The Hall–Kier alpha value is -3.72. The molecule has 10 nitrogen and oxygen atoms in total. The van der Waals surface area contributed by atoms with Crippen molar-refractivity contribution >= 4 is 64.3 Å². The molecule has 0 aliphatic rings. The van der Waals surface area contributed by atoms with E-state index in [1.807, 2.05) is 0 Å². The first-order valence-electron chi connectivity index (χ1n) is 11.1. The minimum atomic E-state index is -3.69. The van der Waals surface area contributed by atoms with E-state index in [0.29, 0.717) is 11.1 Å². The van der Waals surface area contributed by atoms with Gasteiger partial charge in [-0.3, -0.25) is 0 Å². The Labute approximate surface area is 248 Å². The van der Waals surface area contributed by atoms with Crippen molar-refractivity contribution in [1.29, 1.82) is 0 Å². The SMILES string of the molecule is O=S(=O)(N/N=C/c1cc(Br)ccc1O)c1ccccc1.O=S(=O)(N/N=C/c1cc(Br)ccc1O)c1ccccc1. The first kappa shape index (κ1) is 30.8. The van der Waals surface area contributed by atoms with Gasteiger partial charge in [-0.1, -0.05) is 68.3 Å². The molecule has 0 heterocycles. The topological polar surface area (TPSA) is 158 Å². The Morgan fingerprint density at radius 2 is 0.925 bits per heavy atom. The lowest BCUT2D eigenvalue weighted by molar-refractivity contribution is 0.474. The summed E-state index contributed by atoms with van der Waals surface area (Å²) in [4.78, 5) is 4.41. The quantitative estimate of drug-likeness (QED) is 0.150. The maximum atomic E-state index is 11.9. The van der Waals surface area contributed by atoms with E-state index in [2.05, 4.69) is 51.7 Å². The zero-order chi connectivity index (χ0) is 29.2. The minimum Gasteiger partial charge on any atom is -0.507 e. The van der Waals surface area contributed by atoms with Crippen LogP contribution in [0.5, 0.6) is 11.5 Å². The van der Waals surface area contributed by atoms with Gasteiger partial charge < -0.3 is 10.2 Å². The summed E-state index contributed by atoms with van der Waals surface area (Å²) in [5.41, 5.74) is 0.797. The largest absolute Gasteiger partial charge is 0.507 e. The van der Waals surface area contributed by atoms with E-state index < -0.39 is 20.0 Å². The van der Waals surface area contributed by atoms with Crippen molar-refractivity contribution in [3.63, 3.8) is 0 Å². The molecule has 0 amide bonds. The van der Waals surface area contributed by atoms with Gasteiger partial charge in [0.15, 0.2) is 0 Å². The Balaban J connectivity index is 0.000000220. The van der Waals surface area contributed by atoms with Crippen LogP contribution in [-0.4, -0.2) is 39.5 Å². The van der Waals surface area contributed by atoms with Gasteiger partial charge in [-0.25, -0.2) is 9.66 Å². The molecule has 4 N–H and O–H groups in total. The van der Waals surface area contributed by atoms with Crippen molar-refractivity contribution in [2.45, 2.75) is 9.79 Å². The van der Waals surface area contributed by atoms with Crippen LogP contribution >= 0.6 is 31.9 Å². The number of benzene rings is 4. The Morgan fingerprint density at radius 3 is 1.27 bits per heavy atom. The molecule has 4 aromatic carbocycles. The Morgan fingerprint density at radius 1 is 0.575 bits per heavy atom. The van der Waals surface area contributed by atoms with Crippen molar-refractivity contribution < 1.29 is 27.0 Å². The van der Waals surface area contributed by atoms with Crippen LogP contribution in [0.25, 0.3) is 0 Å². The molecule has 0 aliphatic heterocycles. The molecule has 0 bridgehead atoms. The lowest BCUT2D eigenvalue weighted by Gasteiger charge is -2.03. The van der Waals surface area contributed by atoms with Gasteiger partial charge in [0.05, 0.1) is 22.2 Å². The van der Waals surface area contributed by atoms with Crippen molar-refractivity contribution in [1.82, 2.24) is 9.66 Å². The summed E-state index contributed by atoms with van der Waals surface area (Å²) in [6.45, 7) is 0. The number of halogens is 2. The fraction of sp³-hybridized carbons (Fsp3) is 0. The molecule has 4 aromatic rings. The van der Waals surface area contributed by atoms with E-state index in [1.54, 1.807) is 60.7 Å². The monoisotopic (exact) mass is 708 g/mol. The Bertz CT molecular complexity index is 1590. The third kappa shape index (κ3) is 9.19. The first-order valence-corrected chi connectivity index (χ1v) is 15.7. The summed E-state index contributed by atoms with van der Waals surface area (Å²) in [7, 11) is -7.39. The predicted molar refractivity (Wildman–Crippen MR) is 160 cm³/mol. The summed E-state index contributed by atoms with van der Waals surface area (Å²) in [5.74, 6) is 0.0201. The highest BCUT2D eigenvalue weighted by Crippen LogP contribution is 2.21. The van der Waals surface area contributed by atoms with E-state index >= 15 is 0 Å². The number of hydrazone groups is 2. The van der Waals surface area contributed by atoms with Crippen molar-refractivity contribution in [3.8, 4) is 11.5 Å². The molecule has 0 aliphatic carbocycles. The van der Waals surface area contributed by atoms with Crippen molar-refractivity contribution in [2.75, 3.05) is 0 Å². The molecule has 0 radical (unpaired) electrons. The molecule has 0 saturated carbocycles. The van der Waals surface area contributed by atoms with Crippen LogP contribution in [0.15, 0.2) is 126 Å². The van der Waals surface area contributed by atoms with Crippen molar-refractivity contribution in [3.05, 3.63) is 117 Å². The van der Waals surface area contributed by atoms with Crippen LogP contribution in [0.3, 0.4) is 0 Å². The van der Waals surface area contributed by atoms with Gasteiger partial charge in [0, 0.05) is 20.1 Å². The summed E-state index contributed by atoms with van der Waals surface area (Å²) in [5, 5.41) is 26.5. The molecule has 0 unspecified atom stereocenters. The molecular formula is C26H22Br2N4O6S2. The number of nitrogens with one attached hydrogen (secondary N) is 2. The number of hydrogen-bond acceptors (Lipinski definition) is 8. The molecule has 0 fully saturated rings. The number of aromatic hydroxyl groups is 2. The van der Waals surface area contributed by atoms with E-state index in [1.165, 1.54) is 48.8 Å². The fourth-order valence-electron chi connectivity index (χ4n) is 2.89. The minimum absolute atomic E-state index is 0.0101. The first-order chi connectivity index (χ1) is 19.0. The van der Waals surface area contributed by atoms with Gasteiger partial charge in [-0.15, -0.1) is 0 Å². The second-order valence-electron chi connectivity index (χ2n) is 7.74. The smallest absolute Gasteiger partial charge is 0.276 e. The van der Waals surface area contributed by atoms with Gasteiger partial charge in [-0.2, -0.15) is 27.0 Å². The van der Waals surface area contributed by atoms with Gasteiger partial charge in [0.25, 0.3) is 20.0 Å². The zero-order valence-corrected chi connectivity index (χ0v) is 25.2. The number of phenolic OH excluding ortho intramolecular Hbond substituents is 2. The standard InChI is InChI=1S/2C13H11BrN2O3S/c2*14-11-6-7-13(17)10(8-11)9-15-16-20(18,19)12-4-2-1-3-5-12/h2*1-9,16-17H/b2*15-9+. The van der Waals surface area contributed by atoms with Gasteiger partial charge in [0.2, 0.25) is 0 Å². The second-order valence-corrected chi connectivity index (χ2v) is 12.9. The van der Waals surface area contributed by atoms with Crippen LogP contribution in [-0.2, 0) is 20.0 Å². The number of sulfonamides is 2. The number of phenols is 2. The summed E-state index contributed by atoms with van der Waals surface area (Å²) in [6, 6.07) is 25.4. The summed E-state index contributed by atoms with van der Waals surface area (Å²) in [6.07, 6.45) is 2.47.